The van der Waals surface area contributed by atoms with Gasteiger partial charge in [-0.3, -0.25) is 0 Å². The van der Waals surface area contributed by atoms with Gasteiger partial charge < -0.3 is 10.6 Å². The second kappa shape index (κ2) is 5.56. The molecule has 2 N–H and O–H groups in total. The summed E-state index contributed by atoms with van der Waals surface area (Å²) < 4.78 is 0. The van der Waals surface area contributed by atoms with Gasteiger partial charge in [-0.05, 0) is 36.6 Å². The summed E-state index contributed by atoms with van der Waals surface area (Å²) in [6, 6.07) is 11.9. The normalized spacial score (nSPS) is 10.0. The van der Waals surface area contributed by atoms with Crippen LogP contribution in [0.15, 0.2) is 35.7 Å². The van der Waals surface area contributed by atoms with Crippen LogP contribution in [0.3, 0.4) is 0 Å². The first-order valence-electron chi connectivity index (χ1n) is 5.81. The molecule has 92 valence electrons. The van der Waals surface area contributed by atoms with Crippen LogP contribution in [-0.4, -0.2) is 6.54 Å². The first-order valence-corrected chi connectivity index (χ1v) is 6.69. The topological polar surface area (TPSA) is 53.0 Å². The summed E-state index contributed by atoms with van der Waals surface area (Å²) in [6.07, 6.45) is 0. The van der Waals surface area contributed by atoms with Crippen LogP contribution in [-0.2, 0) is 6.54 Å². The van der Waals surface area contributed by atoms with Gasteiger partial charge in [0.2, 0.25) is 0 Å². The number of hydrogen-bond acceptors (Lipinski definition) is 4. The van der Waals surface area contributed by atoms with Gasteiger partial charge in [0.1, 0.15) is 6.07 Å². The Morgan fingerprint density at radius 1 is 1.39 bits per heavy atom. The van der Waals surface area contributed by atoms with E-state index in [1.165, 1.54) is 4.88 Å². The fraction of sp³-hybridized carbons (Fsp3) is 0.214. The van der Waals surface area contributed by atoms with Gasteiger partial charge in [-0.25, -0.2) is 0 Å². The van der Waals surface area contributed by atoms with Crippen LogP contribution in [0.25, 0.3) is 0 Å². The molecule has 0 unspecified atom stereocenters. The summed E-state index contributed by atoms with van der Waals surface area (Å²) in [5.41, 5.74) is 7.98. The maximum Gasteiger partial charge on any atom is 0.101 e. The van der Waals surface area contributed by atoms with E-state index in [0.717, 1.165) is 18.8 Å². The zero-order valence-electron chi connectivity index (χ0n) is 10.3. The molecule has 18 heavy (non-hydrogen) atoms. The molecule has 0 amide bonds. The average Bonchev–Trinajstić information content (AvgIpc) is 2.88. The summed E-state index contributed by atoms with van der Waals surface area (Å²) in [5, 5.41) is 11.0. The highest BCUT2D eigenvalue weighted by molar-refractivity contribution is 7.09. The molecule has 0 radical (unpaired) electrons. The van der Waals surface area contributed by atoms with Crippen molar-refractivity contribution in [3.63, 3.8) is 0 Å². The SMILES string of the molecule is CCN(Cc1cccs1)c1ccc(C#N)c(N)c1. The van der Waals surface area contributed by atoms with Gasteiger partial charge in [0.05, 0.1) is 17.8 Å². The van der Waals surface area contributed by atoms with E-state index in [1.807, 2.05) is 12.1 Å². The molecule has 0 aliphatic rings. The van der Waals surface area contributed by atoms with E-state index in [0.29, 0.717) is 11.3 Å². The van der Waals surface area contributed by atoms with Crippen molar-refractivity contribution < 1.29 is 0 Å². The number of benzene rings is 1. The third-order valence-corrected chi connectivity index (χ3v) is 3.69. The highest BCUT2D eigenvalue weighted by atomic mass is 32.1. The second-order valence-corrected chi connectivity index (χ2v) is 5.01. The number of hydrogen-bond donors (Lipinski definition) is 1. The summed E-state index contributed by atoms with van der Waals surface area (Å²) >= 11 is 1.75. The largest absolute Gasteiger partial charge is 0.398 e. The van der Waals surface area contributed by atoms with Crippen LogP contribution in [0, 0.1) is 11.3 Å². The van der Waals surface area contributed by atoms with Crippen LogP contribution in [0.5, 0.6) is 0 Å². The summed E-state index contributed by atoms with van der Waals surface area (Å²) in [6.45, 7) is 3.89. The lowest BCUT2D eigenvalue weighted by atomic mass is 10.1. The lowest BCUT2D eigenvalue weighted by Gasteiger charge is -2.23. The molecule has 0 fully saturated rings. The Morgan fingerprint density at radius 3 is 2.78 bits per heavy atom. The molecule has 0 atom stereocenters. The third-order valence-electron chi connectivity index (χ3n) is 2.83. The van der Waals surface area contributed by atoms with E-state index in [-0.39, 0.29) is 0 Å². The van der Waals surface area contributed by atoms with Crippen molar-refractivity contribution in [2.75, 3.05) is 17.2 Å². The Bertz CT molecular complexity index is 555. The summed E-state index contributed by atoms with van der Waals surface area (Å²) in [5.74, 6) is 0. The summed E-state index contributed by atoms with van der Waals surface area (Å²) in [4.78, 5) is 3.56. The molecule has 0 aliphatic carbocycles. The lowest BCUT2D eigenvalue weighted by molar-refractivity contribution is 0.843. The molecule has 0 saturated carbocycles. The van der Waals surface area contributed by atoms with Crippen LogP contribution in [0.2, 0.25) is 0 Å². The quantitative estimate of drug-likeness (QED) is 0.855. The molecule has 0 spiro atoms. The highest BCUT2D eigenvalue weighted by Crippen LogP contribution is 2.23. The monoisotopic (exact) mass is 257 g/mol. The minimum absolute atomic E-state index is 0.533. The molecule has 3 nitrogen and oxygen atoms in total. The number of rotatable bonds is 4. The highest BCUT2D eigenvalue weighted by Gasteiger charge is 2.08. The predicted molar refractivity (Wildman–Crippen MR) is 76.6 cm³/mol. The number of thiophene rings is 1. The summed E-state index contributed by atoms with van der Waals surface area (Å²) in [7, 11) is 0. The predicted octanol–water partition coefficient (Wildman–Crippen LogP) is 3.23. The molecule has 2 rings (SSSR count). The van der Waals surface area contributed by atoms with E-state index < -0.39 is 0 Å². The van der Waals surface area contributed by atoms with Crippen molar-refractivity contribution in [3.05, 3.63) is 46.2 Å². The maximum absolute atomic E-state index is 8.87. The number of nitrogens with zero attached hydrogens (tertiary/aromatic N) is 2. The van der Waals surface area contributed by atoms with Crippen molar-refractivity contribution in [3.8, 4) is 6.07 Å². The zero-order valence-corrected chi connectivity index (χ0v) is 11.1. The average molecular weight is 257 g/mol. The van der Waals surface area contributed by atoms with Crippen LogP contribution in [0.4, 0.5) is 11.4 Å². The number of anilines is 2. The third kappa shape index (κ3) is 2.63. The molecule has 1 heterocycles. The van der Waals surface area contributed by atoms with E-state index in [1.54, 1.807) is 17.4 Å². The van der Waals surface area contributed by atoms with Crippen molar-refractivity contribution in [1.29, 1.82) is 5.26 Å². The van der Waals surface area contributed by atoms with E-state index in [4.69, 9.17) is 11.0 Å². The van der Waals surface area contributed by atoms with Crippen molar-refractivity contribution in [2.24, 2.45) is 0 Å². The maximum atomic E-state index is 8.87. The smallest absolute Gasteiger partial charge is 0.101 e. The number of nitriles is 1. The molecule has 4 heteroatoms. The van der Waals surface area contributed by atoms with Gasteiger partial charge >= 0.3 is 0 Å². The minimum Gasteiger partial charge on any atom is -0.398 e. The molecule has 1 aromatic heterocycles. The minimum atomic E-state index is 0.533. The van der Waals surface area contributed by atoms with Gasteiger partial charge in [-0.15, -0.1) is 11.3 Å². The first kappa shape index (κ1) is 12.5. The molecular weight excluding hydrogens is 242 g/mol. The van der Waals surface area contributed by atoms with Crippen molar-refractivity contribution in [2.45, 2.75) is 13.5 Å². The first-order chi connectivity index (χ1) is 8.74. The van der Waals surface area contributed by atoms with E-state index in [2.05, 4.69) is 35.4 Å². The van der Waals surface area contributed by atoms with Crippen molar-refractivity contribution >= 4 is 22.7 Å². The van der Waals surface area contributed by atoms with Gasteiger partial charge in [-0.2, -0.15) is 5.26 Å². The van der Waals surface area contributed by atoms with Gasteiger partial charge in [0.25, 0.3) is 0 Å². The zero-order chi connectivity index (χ0) is 13.0. The van der Waals surface area contributed by atoms with Gasteiger partial charge in [0, 0.05) is 17.1 Å². The van der Waals surface area contributed by atoms with Crippen LogP contribution < -0.4 is 10.6 Å². The van der Waals surface area contributed by atoms with Crippen LogP contribution in [0.1, 0.15) is 17.4 Å². The number of nitrogen functional groups attached to an aromatic ring is 1. The molecular formula is C14H15N3S. The Balaban J connectivity index is 2.23. The Morgan fingerprint density at radius 2 is 2.22 bits per heavy atom. The molecule has 2 aromatic rings. The van der Waals surface area contributed by atoms with Gasteiger partial charge in [-0.1, -0.05) is 6.07 Å². The molecule has 0 bridgehead atoms. The lowest BCUT2D eigenvalue weighted by Crippen LogP contribution is -2.21. The van der Waals surface area contributed by atoms with Gasteiger partial charge in [0.15, 0.2) is 0 Å². The molecule has 0 saturated heterocycles. The number of nitrogens with two attached hydrogens (primary N) is 1. The fourth-order valence-corrected chi connectivity index (χ4v) is 2.54. The molecule has 1 aromatic carbocycles. The Hall–Kier alpha value is -1.99. The van der Waals surface area contributed by atoms with E-state index >= 15 is 0 Å². The molecule has 0 aliphatic heterocycles. The van der Waals surface area contributed by atoms with Crippen molar-refractivity contribution in [1.82, 2.24) is 0 Å². The fourth-order valence-electron chi connectivity index (χ4n) is 1.82. The Labute approximate surface area is 111 Å². The van der Waals surface area contributed by atoms with E-state index in [9.17, 15) is 0 Å². The van der Waals surface area contributed by atoms with Crippen LogP contribution >= 0.6 is 11.3 Å². The second-order valence-electron chi connectivity index (χ2n) is 3.98. The Kier molecular flexibility index (Phi) is 3.85. The standard InChI is InChI=1S/C14H15N3S/c1-2-17(10-13-4-3-7-18-13)12-6-5-11(9-15)14(16)8-12/h3-8H,2,10,16H2,1H3.